The number of aromatic nitrogens is 2. The molecule has 2 rings (SSSR count). The molecular formula is C13H14BrN3O. The number of H-pyrrole nitrogens is 1. The van der Waals surface area contributed by atoms with Gasteiger partial charge < -0.3 is 4.90 Å². The number of halogens is 1. The number of aromatic amines is 1. The molecule has 0 bridgehead atoms. The Hall–Kier alpha value is -1.62. The Morgan fingerprint density at radius 2 is 2.17 bits per heavy atom. The number of amides is 1. The SMILES string of the molecule is Cc1[nH]ncc1C(=O)N(C)Cc1ccccc1Br. The minimum atomic E-state index is -0.0306. The lowest BCUT2D eigenvalue weighted by Crippen LogP contribution is -2.26. The summed E-state index contributed by atoms with van der Waals surface area (Å²) in [6.45, 7) is 2.40. The second kappa shape index (κ2) is 5.35. The van der Waals surface area contributed by atoms with Crippen LogP contribution in [0.25, 0.3) is 0 Å². The van der Waals surface area contributed by atoms with Gasteiger partial charge in [0.2, 0.25) is 0 Å². The number of hydrogen-bond donors (Lipinski definition) is 1. The van der Waals surface area contributed by atoms with Crippen LogP contribution in [0.15, 0.2) is 34.9 Å². The number of carbonyl (C=O) groups excluding carboxylic acids is 1. The van der Waals surface area contributed by atoms with Crippen LogP contribution in [0.3, 0.4) is 0 Å². The number of rotatable bonds is 3. The van der Waals surface area contributed by atoms with Gasteiger partial charge in [0.05, 0.1) is 11.8 Å². The number of carbonyl (C=O) groups is 1. The van der Waals surface area contributed by atoms with Crippen molar-refractivity contribution in [1.29, 1.82) is 0 Å². The maximum Gasteiger partial charge on any atom is 0.257 e. The monoisotopic (exact) mass is 307 g/mol. The molecule has 5 heteroatoms. The van der Waals surface area contributed by atoms with Gasteiger partial charge in [0.15, 0.2) is 0 Å². The second-order valence-corrected chi connectivity index (χ2v) is 5.02. The molecule has 1 amide bonds. The highest BCUT2D eigenvalue weighted by atomic mass is 79.9. The molecule has 0 radical (unpaired) electrons. The average Bonchev–Trinajstić information content (AvgIpc) is 2.77. The maximum atomic E-state index is 12.2. The zero-order chi connectivity index (χ0) is 13.1. The quantitative estimate of drug-likeness (QED) is 0.948. The van der Waals surface area contributed by atoms with E-state index >= 15 is 0 Å². The van der Waals surface area contributed by atoms with Crippen molar-refractivity contribution in [3.63, 3.8) is 0 Å². The van der Waals surface area contributed by atoms with Crippen LogP contribution in [0.5, 0.6) is 0 Å². The molecule has 0 saturated carbocycles. The van der Waals surface area contributed by atoms with Crippen molar-refractivity contribution in [2.24, 2.45) is 0 Å². The zero-order valence-electron chi connectivity index (χ0n) is 10.3. The summed E-state index contributed by atoms with van der Waals surface area (Å²) in [5.74, 6) is -0.0306. The molecule has 0 aliphatic rings. The van der Waals surface area contributed by atoms with Crippen LogP contribution in [0.1, 0.15) is 21.6 Å². The van der Waals surface area contributed by atoms with Gasteiger partial charge in [0, 0.05) is 23.8 Å². The lowest BCUT2D eigenvalue weighted by molar-refractivity contribution is 0.0784. The molecule has 2 aromatic rings. The molecule has 0 fully saturated rings. The Kier molecular flexibility index (Phi) is 3.81. The van der Waals surface area contributed by atoms with Gasteiger partial charge in [0.25, 0.3) is 5.91 Å². The van der Waals surface area contributed by atoms with Crippen molar-refractivity contribution in [2.45, 2.75) is 13.5 Å². The van der Waals surface area contributed by atoms with E-state index in [0.717, 1.165) is 15.7 Å². The van der Waals surface area contributed by atoms with Crippen LogP contribution in [0.2, 0.25) is 0 Å². The van der Waals surface area contributed by atoms with Crippen molar-refractivity contribution in [3.05, 3.63) is 51.8 Å². The van der Waals surface area contributed by atoms with Gasteiger partial charge in [0.1, 0.15) is 0 Å². The average molecular weight is 308 g/mol. The third kappa shape index (κ3) is 2.61. The summed E-state index contributed by atoms with van der Waals surface area (Å²) in [6.07, 6.45) is 1.56. The molecule has 1 N–H and O–H groups in total. The molecular weight excluding hydrogens is 294 g/mol. The Morgan fingerprint density at radius 3 is 2.78 bits per heavy atom. The fourth-order valence-electron chi connectivity index (χ4n) is 1.73. The van der Waals surface area contributed by atoms with Gasteiger partial charge in [-0.2, -0.15) is 5.10 Å². The summed E-state index contributed by atoms with van der Waals surface area (Å²) < 4.78 is 1.01. The van der Waals surface area contributed by atoms with Gasteiger partial charge >= 0.3 is 0 Å². The van der Waals surface area contributed by atoms with Crippen molar-refractivity contribution >= 4 is 21.8 Å². The minimum Gasteiger partial charge on any atom is -0.337 e. The molecule has 0 aliphatic carbocycles. The maximum absolute atomic E-state index is 12.2. The Balaban J connectivity index is 2.14. The van der Waals surface area contributed by atoms with E-state index in [1.807, 2.05) is 31.2 Å². The summed E-state index contributed by atoms with van der Waals surface area (Å²) in [5.41, 5.74) is 2.48. The number of nitrogens with one attached hydrogen (secondary N) is 1. The van der Waals surface area contributed by atoms with Crippen molar-refractivity contribution in [3.8, 4) is 0 Å². The zero-order valence-corrected chi connectivity index (χ0v) is 11.9. The van der Waals surface area contributed by atoms with Gasteiger partial charge in [-0.15, -0.1) is 0 Å². The van der Waals surface area contributed by atoms with Crippen LogP contribution < -0.4 is 0 Å². The van der Waals surface area contributed by atoms with E-state index in [0.29, 0.717) is 12.1 Å². The minimum absolute atomic E-state index is 0.0306. The van der Waals surface area contributed by atoms with Crippen molar-refractivity contribution < 1.29 is 4.79 Å². The molecule has 1 aromatic heterocycles. The molecule has 1 aromatic carbocycles. The molecule has 0 spiro atoms. The van der Waals surface area contributed by atoms with Crippen LogP contribution >= 0.6 is 15.9 Å². The lowest BCUT2D eigenvalue weighted by Gasteiger charge is -2.17. The van der Waals surface area contributed by atoms with Gasteiger partial charge in [-0.25, -0.2) is 0 Å². The van der Waals surface area contributed by atoms with Gasteiger partial charge in [-0.3, -0.25) is 9.89 Å². The highest BCUT2D eigenvalue weighted by Crippen LogP contribution is 2.18. The molecule has 4 nitrogen and oxygen atoms in total. The van der Waals surface area contributed by atoms with Crippen molar-refractivity contribution in [1.82, 2.24) is 15.1 Å². The van der Waals surface area contributed by atoms with Crippen LogP contribution in [0, 0.1) is 6.92 Å². The van der Waals surface area contributed by atoms with Crippen LogP contribution in [0.4, 0.5) is 0 Å². The standard InChI is InChI=1S/C13H14BrN3O/c1-9-11(7-15-16-9)13(18)17(2)8-10-5-3-4-6-12(10)14/h3-7H,8H2,1-2H3,(H,15,16). The molecule has 0 atom stereocenters. The molecule has 0 saturated heterocycles. The third-order valence-electron chi connectivity index (χ3n) is 2.77. The fraction of sp³-hybridized carbons (Fsp3) is 0.231. The molecule has 0 unspecified atom stereocenters. The first-order valence-electron chi connectivity index (χ1n) is 5.58. The number of aryl methyl sites for hydroxylation is 1. The first-order chi connectivity index (χ1) is 8.59. The predicted molar refractivity (Wildman–Crippen MR) is 73.3 cm³/mol. The van der Waals surface area contributed by atoms with Gasteiger partial charge in [-0.1, -0.05) is 34.1 Å². The van der Waals surface area contributed by atoms with E-state index in [4.69, 9.17) is 0 Å². The van der Waals surface area contributed by atoms with E-state index in [9.17, 15) is 4.79 Å². The summed E-state index contributed by atoms with van der Waals surface area (Å²) >= 11 is 3.48. The highest BCUT2D eigenvalue weighted by molar-refractivity contribution is 9.10. The Labute approximate surface area is 114 Å². The van der Waals surface area contributed by atoms with E-state index in [2.05, 4.69) is 26.1 Å². The summed E-state index contributed by atoms with van der Waals surface area (Å²) in [7, 11) is 1.79. The third-order valence-corrected chi connectivity index (χ3v) is 3.55. The second-order valence-electron chi connectivity index (χ2n) is 4.16. The Bertz CT molecular complexity index is 565. The fourth-order valence-corrected chi connectivity index (χ4v) is 2.14. The summed E-state index contributed by atoms with van der Waals surface area (Å²) in [4.78, 5) is 13.9. The summed E-state index contributed by atoms with van der Waals surface area (Å²) in [6, 6.07) is 7.88. The number of hydrogen-bond acceptors (Lipinski definition) is 2. The smallest absolute Gasteiger partial charge is 0.257 e. The van der Waals surface area contributed by atoms with Crippen molar-refractivity contribution in [2.75, 3.05) is 7.05 Å². The van der Waals surface area contributed by atoms with E-state index in [-0.39, 0.29) is 5.91 Å². The van der Waals surface area contributed by atoms with Gasteiger partial charge in [-0.05, 0) is 18.6 Å². The molecule has 0 aliphatic heterocycles. The van der Waals surface area contributed by atoms with E-state index in [1.165, 1.54) is 0 Å². The van der Waals surface area contributed by atoms with Crippen LogP contribution in [-0.4, -0.2) is 28.1 Å². The van der Waals surface area contributed by atoms with E-state index < -0.39 is 0 Å². The first kappa shape index (κ1) is 12.8. The van der Waals surface area contributed by atoms with Crippen LogP contribution in [-0.2, 0) is 6.54 Å². The molecule has 18 heavy (non-hydrogen) atoms. The highest BCUT2D eigenvalue weighted by Gasteiger charge is 2.16. The largest absolute Gasteiger partial charge is 0.337 e. The molecule has 1 heterocycles. The lowest BCUT2D eigenvalue weighted by atomic mass is 10.2. The number of benzene rings is 1. The Morgan fingerprint density at radius 1 is 1.44 bits per heavy atom. The topological polar surface area (TPSA) is 49.0 Å². The molecule has 94 valence electrons. The number of nitrogens with zero attached hydrogens (tertiary/aromatic N) is 2. The van der Waals surface area contributed by atoms with E-state index in [1.54, 1.807) is 18.1 Å². The first-order valence-corrected chi connectivity index (χ1v) is 6.37. The predicted octanol–water partition coefficient (Wildman–Crippen LogP) is 2.75. The normalized spacial score (nSPS) is 10.4. The summed E-state index contributed by atoms with van der Waals surface area (Å²) in [5, 5.41) is 6.64.